The Bertz CT molecular complexity index is 1260. The standard InChI is InChI=1S/C28H22Cl2N2O/c29-22-14-10-20(11-15-22)26-27(21-12-16-23(30)17-13-21)32-28(31-26)24-8-4-5-9-25(24)33-18-19-6-2-1-3-7-19/h1-17,26-27H,18H2,(H,31,32). The molecule has 1 heterocycles. The van der Waals surface area contributed by atoms with Gasteiger partial charge in [0.25, 0.3) is 0 Å². The number of ether oxygens (including phenoxy) is 1. The number of amidine groups is 1. The van der Waals surface area contributed by atoms with E-state index in [0.29, 0.717) is 16.7 Å². The van der Waals surface area contributed by atoms with Crippen molar-refractivity contribution < 1.29 is 4.74 Å². The van der Waals surface area contributed by atoms with Crippen molar-refractivity contribution in [2.24, 2.45) is 4.99 Å². The van der Waals surface area contributed by atoms with Crippen molar-refractivity contribution >= 4 is 29.0 Å². The van der Waals surface area contributed by atoms with Gasteiger partial charge in [-0.05, 0) is 53.1 Å². The zero-order chi connectivity index (χ0) is 22.6. The maximum absolute atomic E-state index is 6.19. The molecular weight excluding hydrogens is 451 g/mol. The molecule has 5 heteroatoms. The van der Waals surface area contributed by atoms with E-state index in [1.165, 1.54) is 0 Å². The van der Waals surface area contributed by atoms with E-state index in [0.717, 1.165) is 33.8 Å². The summed E-state index contributed by atoms with van der Waals surface area (Å²) in [5.41, 5.74) is 4.25. The largest absolute Gasteiger partial charge is 0.488 e. The predicted octanol–water partition coefficient (Wildman–Crippen LogP) is 7.40. The van der Waals surface area contributed by atoms with E-state index >= 15 is 0 Å². The zero-order valence-electron chi connectivity index (χ0n) is 17.8. The van der Waals surface area contributed by atoms with Gasteiger partial charge in [-0.1, -0.05) is 89.9 Å². The number of rotatable bonds is 6. The number of benzene rings is 4. The van der Waals surface area contributed by atoms with Gasteiger partial charge >= 0.3 is 0 Å². The first kappa shape index (κ1) is 21.6. The van der Waals surface area contributed by atoms with Crippen molar-refractivity contribution in [3.63, 3.8) is 0 Å². The first-order valence-electron chi connectivity index (χ1n) is 10.8. The monoisotopic (exact) mass is 472 g/mol. The Labute approximate surface area is 203 Å². The summed E-state index contributed by atoms with van der Waals surface area (Å²) in [4.78, 5) is 5.10. The third-order valence-electron chi connectivity index (χ3n) is 5.70. The Morgan fingerprint density at radius 1 is 0.697 bits per heavy atom. The fourth-order valence-corrected chi connectivity index (χ4v) is 4.26. The summed E-state index contributed by atoms with van der Waals surface area (Å²) in [6.45, 7) is 0.492. The molecule has 0 saturated carbocycles. The average Bonchev–Trinajstić information content (AvgIpc) is 3.30. The highest BCUT2D eigenvalue weighted by atomic mass is 35.5. The van der Waals surface area contributed by atoms with Crippen LogP contribution in [0.4, 0.5) is 0 Å². The summed E-state index contributed by atoms with van der Waals surface area (Å²) in [6, 6.07) is 33.8. The third-order valence-corrected chi connectivity index (χ3v) is 6.20. The van der Waals surface area contributed by atoms with Gasteiger partial charge < -0.3 is 10.1 Å². The van der Waals surface area contributed by atoms with Crippen molar-refractivity contribution in [1.29, 1.82) is 0 Å². The van der Waals surface area contributed by atoms with Crippen LogP contribution in [0.15, 0.2) is 108 Å². The van der Waals surface area contributed by atoms with E-state index in [1.807, 2.05) is 91.0 Å². The molecule has 1 aliphatic heterocycles. The maximum atomic E-state index is 6.19. The molecule has 0 fully saturated rings. The Morgan fingerprint density at radius 3 is 2.00 bits per heavy atom. The van der Waals surface area contributed by atoms with Gasteiger partial charge in [0.05, 0.1) is 11.6 Å². The van der Waals surface area contributed by atoms with Crippen LogP contribution < -0.4 is 10.1 Å². The highest BCUT2D eigenvalue weighted by Gasteiger charge is 2.32. The van der Waals surface area contributed by atoms with Crippen molar-refractivity contribution in [1.82, 2.24) is 5.32 Å². The minimum atomic E-state index is -0.111. The van der Waals surface area contributed by atoms with Crippen molar-refractivity contribution in [2.75, 3.05) is 0 Å². The molecule has 4 aromatic carbocycles. The van der Waals surface area contributed by atoms with Gasteiger partial charge in [-0.2, -0.15) is 0 Å². The number of hydrogen-bond donors (Lipinski definition) is 1. The molecule has 1 aliphatic rings. The summed E-state index contributed by atoms with van der Waals surface area (Å²) in [7, 11) is 0. The molecule has 4 aromatic rings. The van der Waals surface area contributed by atoms with Crippen LogP contribution in [0.1, 0.15) is 34.3 Å². The molecule has 0 saturated heterocycles. The van der Waals surface area contributed by atoms with Crippen molar-refractivity contribution in [2.45, 2.75) is 18.7 Å². The Kier molecular flexibility index (Phi) is 6.34. The summed E-state index contributed by atoms with van der Waals surface area (Å²) in [5.74, 6) is 1.60. The fourth-order valence-electron chi connectivity index (χ4n) is 4.01. The van der Waals surface area contributed by atoms with Gasteiger partial charge in [0.2, 0.25) is 0 Å². The lowest BCUT2D eigenvalue weighted by molar-refractivity contribution is 0.305. The van der Waals surface area contributed by atoms with Crippen LogP contribution in [0.3, 0.4) is 0 Å². The number of nitrogens with one attached hydrogen (secondary N) is 1. The van der Waals surface area contributed by atoms with Crippen LogP contribution in [-0.4, -0.2) is 5.84 Å². The van der Waals surface area contributed by atoms with Crippen LogP contribution in [0.25, 0.3) is 0 Å². The van der Waals surface area contributed by atoms with Crippen LogP contribution in [0.2, 0.25) is 10.0 Å². The molecule has 0 spiro atoms. The second-order valence-corrected chi connectivity index (χ2v) is 8.79. The molecular formula is C28H22Cl2N2O. The van der Waals surface area contributed by atoms with Crippen LogP contribution in [-0.2, 0) is 6.61 Å². The summed E-state index contributed by atoms with van der Waals surface area (Å²) in [5, 5.41) is 5.05. The summed E-state index contributed by atoms with van der Waals surface area (Å²) >= 11 is 12.3. The molecule has 0 amide bonds. The van der Waals surface area contributed by atoms with E-state index in [1.54, 1.807) is 0 Å². The molecule has 5 rings (SSSR count). The van der Waals surface area contributed by atoms with Gasteiger partial charge in [0.1, 0.15) is 24.2 Å². The zero-order valence-corrected chi connectivity index (χ0v) is 19.3. The number of hydrogen-bond acceptors (Lipinski definition) is 3. The highest BCUT2D eigenvalue weighted by Crippen LogP contribution is 2.38. The maximum Gasteiger partial charge on any atom is 0.133 e. The van der Waals surface area contributed by atoms with Crippen LogP contribution >= 0.6 is 23.2 Å². The van der Waals surface area contributed by atoms with E-state index in [2.05, 4.69) is 17.4 Å². The lowest BCUT2D eigenvalue weighted by Gasteiger charge is -2.20. The Morgan fingerprint density at radius 2 is 1.30 bits per heavy atom. The number of aliphatic imine (C=N–C) groups is 1. The molecule has 0 aliphatic carbocycles. The van der Waals surface area contributed by atoms with Gasteiger partial charge in [0.15, 0.2) is 0 Å². The molecule has 1 N–H and O–H groups in total. The lowest BCUT2D eigenvalue weighted by atomic mass is 9.95. The highest BCUT2D eigenvalue weighted by molar-refractivity contribution is 6.30. The summed E-state index contributed by atoms with van der Waals surface area (Å²) < 4.78 is 6.19. The molecule has 2 atom stereocenters. The normalized spacial score (nSPS) is 17.3. The SMILES string of the molecule is Clc1ccc(C2N=C(c3ccccc3OCc3ccccc3)NC2c2ccc(Cl)cc2)cc1. The van der Waals surface area contributed by atoms with E-state index in [4.69, 9.17) is 32.9 Å². The molecule has 3 nitrogen and oxygen atoms in total. The molecule has 0 radical (unpaired) electrons. The van der Waals surface area contributed by atoms with Gasteiger partial charge in [-0.3, -0.25) is 4.99 Å². The van der Waals surface area contributed by atoms with Gasteiger partial charge in [0, 0.05) is 10.0 Å². The molecule has 2 unspecified atom stereocenters. The first-order valence-corrected chi connectivity index (χ1v) is 11.5. The number of nitrogens with zero attached hydrogens (tertiary/aromatic N) is 1. The van der Waals surface area contributed by atoms with Crippen molar-refractivity contribution in [3.8, 4) is 5.75 Å². The minimum Gasteiger partial charge on any atom is -0.488 e. The van der Waals surface area contributed by atoms with E-state index in [9.17, 15) is 0 Å². The van der Waals surface area contributed by atoms with E-state index < -0.39 is 0 Å². The Hall–Kier alpha value is -3.27. The van der Waals surface area contributed by atoms with Crippen LogP contribution in [0, 0.1) is 0 Å². The van der Waals surface area contributed by atoms with Gasteiger partial charge in [-0.25, -0.2) is 0 Å². The smallest absolute Gasteiger partial charge is 0.133 e. The minimum absolute atomic E-state index is 0.0411. The second kappa shape index (κ2) is 9.70. The lowest BCUT2D eigenvalue weighted by Crippen LogP contribution is -2.25. The number of para-hydroxylation sites is 1. The Balaban J connectivity index is 1.48. The fraction of sp³-hybridized carbons (Fsp3) is 0.107. The molecule has 33 heavy (non-hydrogen) atoms. The molecule has 0 bridgehead atoms. The van der Waals surface area contributed by atoms with Crippen LogP contribution in [0.5, 0.6) is 5.75 Å². The second-order valence-electron chi connectivity index (χ2n) is 7.92. The summed E-state index contributed by atoms with van der Waals surface area (Å²) in [6.07, 6.45) is 0. The molecule has 164 valence electrons. The first-order chi connectivity index (χ1) is 16.2. The topological polar surface area (TPSA) is 33.6 Å². The van der Waals surface area contributed by atoms with Crippen molar-refractivity contribution in [3.05, 3.63) is 135 Å². The third kappa shape index (κ3) is 4.90. The quantitative estimate of drug-likeness (QED) is 0.317. The van der Waals surface area contributed by atoms with E-state index in [-0.39, 0.29) is 12.1 Å². The predicted molar refractivity (Wildman–Crippen MR) is 135 cm³/mol. The molecule has 0 aromatic heterocycles. The number of halogens is 2. The van der Waals surface area contributed by atoms with Gasteiger partial charge in [-0.15, -0.1) is 0 Å². The average molecular weight is 473 g/mol.